The average molecular weight is 356 g/mol. The molecule has 0 fully saturated rings. The monoisotopic (exact) mass is 356 g/mol. The molecule has 0 saturated carbocycles. The fourth-order valence-corrected chi connectivity index (χ4v) is 2.49. The van der Waals surface area contributed by atoms with E-state index in [1.54, 1.807) is 54.6 Å². The molecule has 0 saturated heterocycles. The minimum atomic E-state index is -0.418. The van der Waals surface area contributed by atoms with Gasteiger partial charge in [0.25, 0.3) is 5.91 Å². The van der Waals surface area contributed by atoms with Crippen LogP contribution in [0.3, 0.4) is 0 Å². The molecule has 0 radical (unpaired) electrons. The zero-order chi connectivity index (χ0) is 19.2. The van der Waals surface area contributed by atoms with Crippen molar-refractivity contribution >= 4 is 28.8 Å². The minimum absolute atomic E-state index is 0.0235. The first kappa shape index (κ1) is 17.8. The number of nitrogens with zero attached hydrogens (tertiary/aromatic N) is 2. The maximum Gasteiger partial charge on any atom is 0.274 e. The number of rotatable bonds is 5. The maximum atomic E-state index is 12.5. The highest BCUT2D eigenvalue weighted by Gasteiger charge is 2.11. The van der Waals surface area contributed by atoms with E-state index in [1.165, 1.54) is 13.1 Å². The van der Waals surface area contributed by atoms with E-state index in [2.05, 4.69) is 15.6 Å². The van der Waals surface area contributed by atoms with Gasteiger partial charge in [0, 0.05) is 23.1 Å². The number of amides is 1. The Labute approximate surface area is 156 Å². The molecule has 6 nitrogen and oxygen atoms in total. The van der Waals surface area contributed by atoms with Crippen molar-refractivity contribution in [3.8, 4) is 6.07 Å². The number of anilines is 3. The highest BCUT2D eigenvalue weighted by Crippen LogP contribution is 2.19. The fraction of sp³-hybridized carbons (Fsp3) is 0.0476. The van der Waals surface area contributed by atoms with E-state index in [0.717, 1.165) is 5.69 Å². The molecule has 1 heterocycles. The van der Waals surface area contributed by atoms with Gasteiger partial charge in [0.1, 0.15) is 11.8 Å². The Balaban J connectivity index is 1.79. The molecular formula is C21H16N4O2. The molecule has 27 heavy (non-hydrogen) atoms. The van der Waals surface area contributed by atoms with Crippen LogP contribution >= 0.6 is 0 Å². The summed E-state index contributed by atoms with van der Waals surface area (Å²) in [5.41, 5.74) is 3.00. The zero-order valence-electron chi connectivity index (χ0n) is 14.6. The van der Waals surface area contributed by atoms with Crippen LogP contribution in [-0.2, 0) is 0 Å². The van der Waals surface area contributed by atoms with Crippen LogP contribution in [0.15, 0.2) is 66.9 Å². The lowest BCUT2D eigenvalue weighted by Crippen LogP contribution is -2.14. The lowest BCUT2D eigenvalue weighted by molar-refractivity contribution is 0.101. The molecule has 0 atom stereocenters. The number of Topliss-reactive ketones (excluding diaryl/α,β-unsaturated/α-hetero) is 1. The molecule has 2 N–H and O–H groups in total. The third-order valence-electron chi connectivity index (χ3n) is 3.85. The van der Waals surface area contributed by atoms with Crippen LogP contribution in [0.5, 0.6) is 0 Å². The first-order valence-corrected chi connectivity index (χ1v) is 8.21. The molecule has 0 aliphatic heterocycles. The molecular weight excluding hydrogens is 340 g/mol. The Bertz CT molecular complexity index is 1050. The Morgan fingerprint density at radius 3 is 2.56 bits per heavy atom. The number of aromatic nitrogens is 1. The summed E-state index contributed by atoms with van der Waals surface area (Å²) in [5.74, 6) is -0.441. The molecule has 1 amide bonds. The van der Waals surface area contributed by atoms with E-state index in [9.17, 15) is 9.59 Å². The zero-order valence-corrected chi connectivity index (χ0v) is 14.6. The molecule has 3 aromatic rings. The van der Waals surface area contributed by atoms with Gasteiger partial charge >= 0.3 is 0 Å². The van der Waals surface area contributed by atoms with Gasteiger partial charge in [-0.15, -0.1) is 0 Å². The number of carbonyl (C=O) groups is 2. The van der Waals surface area contributed by atoms with Crippen LogP contribution in [0.4, 0.5) is 17.1 Å². The van der Waals surface area contributed by atoms with Gasteiger partial charge in [0.05, 0.1) is 11.3 Å². The number of nitriles is 1. The standard InChI is InChI=1S/C21H16N4O2/c1-14(26)15-6-4-7-17(11-15)24-18-9-10-23-20(12-18)21(27)25-19-8-3-2-5-16(19)13-22/h2-12H,1H3,(H,23,24)(H,25,27). The van der Waals surface area contributed by atoms with E-state index >= 15 is 0 Å². The summed E-state index contributed by atoms with van der Waals surface area (Å²) in [6, 6.07) is 19.2. The molecule has 1 aromatic heterocycles. The van der Waals surface area contributed by atoms with Crippen LogP contribution in [0, 0.1) is 11.3 Å². The molecule has 0 spiro atoms. The van der Waals surface area contributed by atoms with Crippen molar-refractivity contribution in [1.82, 2.24) is 4.98 Å². The van der Waals surface area contributed by atoms with Crippen LogP contribution in [0.25, 0.3) is 0 Å². The van der Waals surface area contributed by atoms with Gasteiger partial charge in [-0.25, -0.2) is 0 Å². The van der Waals surface area contributed by atoms with Crippen LogP contribution < -0.4 is 10.6 Å². The number of para-hydroxylation sites is 1. The SMILES string of the molecule is CC(=O)c1cccc(Nc2ccnc(C(=O)Nc3ccccc3C#N)c2)c1. The van der Waals surface area contributed by atoms with E-state index < -0.39 is 5.91 Å². The topological polar surface area (TPSA) is 94.9 Å². The Morgan fingerprint density at radius 1 is 1.00 bits per heavy atom. The average Bonchev–Trinajstić information content (AvgIpc) is 2.69. The molecule has 3 rings (SSSR count). The summed E-state index contributed by atoms with van der Waals surface area (Å²) in [6.45, 7) is 1.51. The Morgan fingerprint density at radius 2 is 1.78 bits per heavy atom. The third kappa shape index (κ3) is 4.35. The first-order valence-electron chi connectivity index (χ1n) is 8.21. The highest BCUT2D eigenvalue weighted by molar-refractivity contribution is 6.04. The van der Waals surface area contributed by atoms with Crippen LogP contribution in [-0.4, -0.2) is 16.7 Å². The summed E-state index contributed by atoms with van der Waals surface area (Å²) < 4.78 is 0. The van der Waals surface area contributed by atoms with Gasteiger partial charge < -0.3 is 10.6 Å². The smallest absolute Gasteiger partial charge is 0.274 e. The largest absolute Gasteiger partial charge is 0.355 e. The van der Waals surface area contributed by atoms with Gasteiger partial charge in [-0.05, 0) is 43.3 Å². The number of hydrogen-bond donors (Lipinski definition) is 2. The Kier molecular flexibility index (Phi) is 5.24. The highest BCUT2D eigenvalue weighted by atomic mass is 16.2. The number of carbonyl (C=O) groups excluding carboxylic acids is 2. The van der Waals surface area contributed by atoms with Crippen LogP contribution in [0.2, 0.25) is 0 Å². The minimum Gasteiger partial charge on any atom is -0.355 e. The second kappa shape index (κ2) is 7.93. The number of ketones is 1. The molecule has 0 aliphatic carbocycles. The van der Waals surface area contributed by atoms with Crippen LogP contribution in [0.1, 0.15) is 33.3 Å². The van der Waals surface area contributed by atoms with E-state index in [0.29, 0.717) is 22.5 Å². The second-order valence-corrected chi connectivity index (χ2v) is 5.80. The number of pyridine rings is 1. The fourth-order valence-electron chi connectivity index (χ4n) is 2.49. The van der Waals surface area contributed by atoms with Crippen molar-refractivity contribution < 1.29 is 9.59 Å². The third-order valence-corrected chi connectivity index (χ3v) is 3.85. The lowest BCUT2D eigenvalue weighted by atomic mass is 10.1. The van der Waals surface area contributed by atoms with Crippen molar-refractivity contribution in [3.05, 3.63) is 83.7 Å². The molecule has 6 heteroatoms. The second-order valence-electron chi connectivity index (χ2n) is 5.80. The predicted molar refractivity (Wildman–Crippen MR) is 103 cm³/mol. The molecule has 2 aromatic carbocycles. The van der Waals surface area contributed by atoms with Crippen molar-refractivity contribution in [2.45, 2.75) is 6.92 Å². The van der Waals surface area contributed by atoms with Gasteiger partial charge in [-0.2, -0.15) is 5.26 Å². The van der Waals surface area contributed by atoms with Gasteiger partial charge in [-0.3, -0.25) is 14.6 Å². The molecule has 0 unspecified atom stereocenters. The molecule has 0 aliphatic rings. The summed E-state index contributed by atoms with van der Waals surface area (Å²) in [4.78, 5) is 28.1. The quantitative estimate of drug-likeness (QED) is 0.670. The lowest BCUT2D eigenvalue weighted by Gasteiger charge is -2.10. The summed E-state index contributed by atoms with van der Waals surface area (Å²) in [6.07, 6.45) is 1.52. The Hall–Kier alpha value is -3.98. The van der Waals surface area contributed by atoms with Crippen molar-refractivity contribution in [2.75, 3.05) is 10.6 Å². The number of benzene rings is 2. The van der Waals surface area contributed by atoms with E-state index in [-0.39, 0.29) is 11.5 Å². The number of hydrogen-bond acceptors (Lipinski definition) is 5. The van der Waals surface area contributed by atoms with Gasteiger partial charge in [-0.1, -0.05) is 24.3 Å². The normalized spacial score (nSPS) is 9.93. The van der Waals surface area contributed by atoms with Gasteiger partial charge in [0.2, 0.25) is 0 Å². The maximum absolute atomic E-state index is 12.5. The van der Waals surface area contributed by atoms with Crippen molar-refractivity contribution in [3.63, 3.8) is 0 Å². The summed E-state index contributed by atoms with van der Waals surface area (Å²) in [5, 5.41) is 15.0. The first-order chi connectivity index (χ1) is 13.1. The summed E-state index contributed by atoms with van der Waals surface area (Å²) in [7, 11) is 0. The predicted octanol–water partition coefficient (Wildman–Crippen LogP) is 4.15. The summed E-state index contributed by atoms with van der Waals surface area (Å²) >= 11 is 0. The molecule has 132 valence electrons. The molecule has 0 bridgehead atoms. The van der Waals surface area contributed by atoms with Crippen molar-refractivity contribution in [1.29, 1.82) is 5.26 Å². The van der Waals surface area contributed by atoms with E-state index in [4.69, 9.17) is 5.26 Å². The number of nitrogens with one attached hydrogen (secondary N) is 2. The van der Waals surface area contributed by atoms with Crippen molar-refractivity contribution in [2.24, 2.45) is 0 Å². The van der Waals surface area contributed by atoms with Gasteiger partial charge in [0.15, 0.2) is 5.78 Å². The van der Waals surface area contributed by atoms with E-state index in [1.807, 2.05) is 12.1 Å².